The second-order valence-electron chi connectivity index (χ2n) is 8.13. The van der Waals surface area contributed by atoms with E-state index < -0.39 is 10.0 Å². The van der Waals surface area contributed by atoms with Crippen LogP contribution in [0.2, 0.25) is 0 Å². The van der Waals surface area contributed by atoms with Crippen LogP contribution in [0.1, 0.15) is 38.2 Å². The largest absolute Gasteiger partial charge is 0.326 e. The summed E-state index contributed by atoms with van der Waals surface area (Å²) in [5.41, 5.74) is 1.57. The van der Waals surface area contributed by atoms with E-state index in [1.807, 2.05) is 23.8 Å². The Kier molecular flexibility index (Phi) is 5.58. The van der Waals surface area contributed by atoms with Crippen LogP contribution < -0.4 is 10.0 Å². The number of fused-ring (bicyclic) bond motifs is 2. The van der Waals surface area contributed by atoms with Crippen LogP contribution in [-0.2, 0) is 21.2 Å². The molecule has 1 aromatic carbocycles. The van der Waals surface area contributed by atoms with Crippen molar-refractivity contribution in [2.45, 2.75) is 50.0 Å². The van der Waals surface area contributed by atoms with Gasteiger partial charge in [0.2, 0.25) is 15.9 Å². The number of anilines is 1. The summed E-state index contributed by atoms with van der Waals surface area (Å²) >= 11 is 1.56. The van der Waals surface area contributed by atoms with Gasteiger partial charge in [0.25, 0.3) is 0 Å². The zero-order valence-corrected chi connectivity index (χ0v) is 17.6. The minimum absolute atomic E-state index is 0.0507. The minimum Gasteiger partial charge on any atom is -0.326 e. The van der Waals surface area contributed by atoms with Gasteiger partial charge in [0, 0.05) is 11.7 Å². The second kappa shape index (κ2) is 7.97. The molecular weight excluding hydrogens is 392 g/mol. The van der Waals surface area contributed by atoms with Crippen LogP contribution in [0.15, 0.2) is 46.0 Å². The molecule has 1 amide bonds. The number of amides is 1. The first-order chi connectivity index (χ1) is 13.4. The van der Waals surface area contributed by atoms with Crippen LogP contribution in [0.3, 0.4) is 0 Å². The third kappa shape index (κ3) is 4.31. The second-order valence-corrected chi connectivity index (χ2v) is 10.6. The monoisotopic (exact) mass is 418 g/mol. The molecule has 2 aliphatic rings. The molecule has 150 valence electrons. The maximum atomic E-state index is 12.8. The van der Waals surface area contributed by atoms with Crippen molar-refractivity contribution in [3.63, 3.8) is 0 Å². The predicted octanol–water partition coefficient (Wildman–Crippen LogP) is 4.03. The molecule has 2 aromatic rings. The highest BCUT2D eigenvalue weighted by atomic mass is 32.2. The third-order valence-corrected chi connectivity index (χ3v) is 8.48. The van der Waals surface area contributed by atoms with Crippen molar-refractivity contribution in [1.82, 2.24) is 4.72 Å². The summed E-state index contributed by atoms with van der Waals surface area (Å²) < 4.78 is 28.4. The van der Waals surface area contributed by atoms with E-state index in [0.29, 0.717) is 23.9 Å². The van der Waals surface area contributed by atoms with E-state index in [4.69, 9.17) is 0 Å². The number of thiophene rings is 1. The Morgan fingerprint density at radius 3 is 2.57 bits per heavy atom. The Balaban J connectivity index is 1.36. The lowest BCUT2D eigenvalue weighted by molar-refractivity contribution is -0.115. The molecule has 4 rings (SSSR count). The summed E-state index contributed by atoms with van der Waals surface area (Å²) in [4.78, 5) is 12.3. The number of sulfonamides is 1. The average Bonchev–Trinajstić information content (AvgIpc) is 3.40. The Hall–Kier alpha value is -1.70. The molecule has 1 heterocycles. The molecule has 0 aliphatic heterocycles. The first kappa shape index (κ1) is 19.6. The van der Waals surface area contributed by atoms with Gasteiger partial charge in [-0.15, -0.1) is 0 Å². The molecule has 4 unspecified atom stereocenters. The van der Waals surface area contributed by atoms with Gasteiger partial charge in [0.15, 0.2) is 0 Å². The highest BCUT2D eigenvalue weighted by Crippen LogP contribution is 2.49. The molecule has 0 radical (unpaired) electrons. The van der Waals surface area contributed by atoms with Gasteiger partial charge >= 0.3 is 0 Å². The number of rotatable bonds is 7. The maximum Gasteiger partial charge on any atom is 0.240 e. The Morgan fingerprint density at radius 1 is 1.18 bits per heavy atom. The molecule has 28 heavy (non-hydrogen) atoms. The van der Waals surface area contributed by atoms with Crippen LogP contribution in [0.25, 0.3) is 0 Å². The average molecular weight is 419 g/mol. The Labute approximate surface area is 170 Å². The summed E-state index contributed by atoms with van der Waals surface area (Å²) in [5.74, 6) is 1.80. The molecule has 0 spiro atoms. The zero-order valence-electron chi connectivity index (χ0n) is 15.9. The summed E-state index contributed by atoms with van der Waals surface area (Å²) in [5, 5.41) is 6.69. The smallest absolute Gasteiger partial charge is 0.240 e. The maximum absolute atomic E-state index is 12.8. The van der Waals surface area contributed by atoms with Gasteiger partial charge in [-0.25, -0.2) is 13.1 Å². The van der Waals surface area contributed by atoms with Crippen molar-refractivity contribution in [1.29, 1.82) is 0 Å². The van der Waals surface area contributed by atoms with E-state index in [-0.39, 0.29) is 16.8 Å². The van der Waals surface area contributed by atoms with Crippen molar-refractivity contribution in [2.24, 2.45) is 17.8 Å². The molecular formula is C21H26N2O3S2. The fraction of sp³-hybridized carbons (Fsp3) is 0.476. The van der Waals surface area contributed by atoms with Gasteiger partial charge in [-0.1, -0.05) is 6.42 Å². The molecule has 2 aliphatic carbocycles. The van der Waals surface area contributed by atoms with Crippen LogP contribution in [0.5, 0.6) is 0 Å². The number of hydrogen-bond donors (Lipinski definition) is 2. The van der Waals surface area contributed by atoms with Gasteiger partial charge in [0.1, 0.15) is 0 Å². The van der Waals surface area contributed by atoms with E-state index in [9.17, 15) is 13.2 Å². The first-order valence-corrected chi connectivity index (χ1v) is 12.3. The summed E-state index contributed by atoms with van der Waals surface area (Å²) in [6.07, 6.45) is 5.26. The molecule has 2 fully saturated rings. The molecule has 2 bridgehead atoms. The van der Waals surface area contributed by atoms with Gasteiger partial charge in [-0.05, 0) is 90.6 Å². The molecule has 0 saturated heterocycles. The fourth-order valence-corrected chi connectivity index (χ4v) is 6.77. The lowest BCUT2D eigenvalue weighted by atomic mass is 9.84. The first-order valence-electron chi connectivity index (χ1n) is 9.84. The van der Waals surface area contributed by atoms with Crippen LogP contribution >= 0.6 is 11.3 Å². The molecule has 4 atom stereocenters. The molecule has 5 nitrogen and oxygen atoms in total. The van der Waals surface area contributed by atoms with E-state index in [1.165, 1.54) is 19.3 Å². The molecule has 1 aromatic heterocycles. The van der Waals surface area contributed by atoms with Gasteiger partial charge in [0.05, 0.1) is 11.3 Å². The normalized spacial score (nSPS) is 25.0. The number of nitrogens with one attached hydrogen (secondary N) is 2. The van der Waals surface area contributed by atoms with Crippen LogP contribution in [0, 0.1) is 17.8 Å². The van der Waals surface area contributed by atoms with Crippen molar-refractivity contribution >= 4 is 33.0 Å². The van der Waals surface area contributed by atoms with Gasteiger partial charge in [-0.2, -0.15) is 11.3 Å². The summed E-state index contributed by atoms with van der Waals surface area (Å²) in [6, 6.07) is 8.25. The Bertz CT molecular complexity index is 923. The van der Waals surface area contributed by atoms with E-state index in [1.54, 1.807) is 35.6 Å². The van der Waals surface area contributed by atoms with Crippen molar-refractivity contribution in [3.05, 3.63) is 46.7 Å². The summed E-state index contributed by atoms with van der Waals surface area (Å²) in [7, 11) is -3.56. The SMILES string of the molecule is CC(NS(=O)(=O)c1ccc(NC(=O)Cc2ccsc2)cc1)C1CC2CCC1C2. The standard InChI is InChI=1S/C21H26N2O3S2/c1-14(20-11-15-2-3-17(20)10-15)23-28(25,26)19-6-4-18(5-7-19)22-21(24)12-16-8-9-27-13-16/h4-9,13-15,17,20,23H,2-3,10-12H2,1H3,(H,22,24). The zero-order chi connectivity index (χ0) is 19.7. The number of hydrogen-bond acceptors (Lipinski definition) is 4. The van der Waals surface area contributed by atoms with Crippen molar-refractivity contribution in [2.75, 3.05) is 5.32 Å². The lowest BCUT2D eigenvalue weighted by Crippen LogP contribution is -2.40. The molecule has 7 heteroatoms. The van der Waals surface area contributed by atoms with E-state index in [0.717, 1.165) is 17.9 Å². The third-order valence-electron chi connectivity index (χ3n) is 6.17. The molecule has 2 saturated carbocycles. The predicted molar refractivity (Wildman–Crippen MR) is 112 cm³/mol. The Morgan fingerprint density at radius 2 is 1.96 bits per heavy atom. The quantitative estimate of drug-likeness (QED) is 0.713. The van der Waals surface area contributed by atoms with Crippen molar-refractivity contribution < 1.29 is 13.2 Å². The summed E-state index contributed by atoms with van der Waals surface area (Å²) in [6.45, 7) is 1.99. The number of carbonyl (C=O) groups is 1. The van der Waals surface area contributed by atoms with E-state index >= 15 is 0 Å². The molecule has 2 N–H and O–H groups in total. The number of carbonyl (C=O) groups excluding carboxylic acids is 1. The minimum atomic E-state index is -3.56. The number of benzene rings is 1. The van der Waals surface area contributed by atoms with Crippen LogP contribution in [0.4, 0.5) is 5.69 Å². The van der Waals surface area contributed by atoms with Gasteiger partial charge < -0.3 is 5.32 Å². The van der Waals surface area contributed by atoms with E-state index in [2.05, 4.69) is 10.0 Å². The lowest BCUT2D eigenvalue weighted by Gasteiger charge is -2.28. The highest BCUT2D eigenvalue weighted by molar-refractivity contribution is 7.89. The van der Waals surface area contributed by atoms with Crippen molar-refractivity contribution in [3.8, 4) is 0 Å². The highest BCUT2D eigenvalue weighted by Gasteiger charge is 2.42. The topological polar surface area (TPSA) is 75.3 Å². The van der Waals surface area contributed by atoms with Gasteiger partial charge in [-0.3, -0.25) is 4.79 Å². The fourth-order valence-electron chi connectivity index (χ4n) is 4.81. The van der Waals surface area contributed by atoms with Crippen LogP contribution in [-0.4, -0.2) is 20.4 Å².